The fraction of sp³-hybridized carbons (Fsp3) is 1.00. The van der Waals surface area contributed by atoms with Crippen LogP contribution >= 0.6 is 0 Å². The average Bonchev–Trinajstić information content (AvgIpc) is 2.24. The lowest BCUT2D eigenvalue weighted by molar-refractivity contribution is 0.132. The van der Waals surface area contributed by atoms with E-state index in [1.807, 2.05) is 0 Å². The van der Waals surface area contributed by atoms with Crippen molar-refractivity contribution in [2.24, 2.45) is 11.7 Å². The molecule has 0 unspecified atom stereocenters. The molecule has 0 aromatic heterocycles. The van der Waals surface area contributed by atoms with E-state index in [1.54, 1.807) is 0 Å². The van der Waals surface area contributed by atoms with Gasteiger partial charge in [-0.15, -0.1) is 0 Å². The second-order valence-corrected chi connectivity index (χ2v) is 6.33. The number of hydrogen-bond acceptors (Lipinski definition) is 2. The summed E-state index contributed by atoms with van der Waals surface area (Å²) in [5.41, 5.74) is 6.53. The minimum Gasteiger partial charge on any atom is -0.325 e. The summed E-state index contributed by atoms with van der Waals surface area (Å²) in [5.74, 6) is 0.955. The Labute approximate surface area is 101 Å². The fourth-order valence-electron chi connectivity index (χ4n) is 3.13. The molecule has 2 N–H and O–H groups in total. The second kappa shape index (κ2) is 5.05. The van der Waals surface area contributed by atoms with E-state index in [0.29, 0.717) is 0 Å². The first-order chi connectivity index (χ1) is 7.59. The van der Waals surface area contributed by atoms with Crippen LogP contribution in [0, 0.1) is 5.92 Å². The minimum absolute atomic E-state index is 0.245. The maximum atomic E-state index is 6.29. The lowest BCUT2D eigenvalue weighted by Gasteiger charge is -2.40. The smallest absolute Gasteiger partial charge is 0.0154 e. The highest BCUT2D eigenvalue weighted by Crippen LogP contribution is 2.35. The average molecular weight is 224 g/mol. The monoisotopic (exact) mass is 224 g/mol. The van der Waals surface area contributed by atoms with Crippen LogP contribution < -0.4 is 5.73 Å². The van der Waals surface area contributed by atoms with Crippen LogP contribution in [0.2, 0.25) is 0 Å². The molecule has 0 spiro atoms. The summed E-state index contributed by atoms with van der Waals surface area (Å²) in [7, 11) is 0. The summed E-state index contributed by atoms with van der Waals surface area (Å²) in [6.07, 6.45) is 9.36. The molecule has 1 saturated carbocycles. The molecule has 0 amide bonds. The number of hydrogen-bond donors (Lipinski definition) is 1. The Morgan fingerprint density at radius 3 is 2.31 bits per heavy atom. The Kier molecular flexibility index (Phi) is 3.91. The molecule has 2 aliphatic rings. The summed E-state index contributed by atoms with van der Waals surface area (Å²) in [6, 6.07) is 0.730. The van der Waals surface area contributed by atoms with Crippen LogP contribution in [0.1, 0.15) is 58.8 Å². The van der Waals surface area contributed by atoms with Crippen molar-refractivity contribution in [3.8, 4) is 0 Å². The van der Waals surface area contributed by atoms with Gasteiger partial charge in [-0.05, 0) is 77.8 Å². The lowest BCUT2D eigenvalue weighted by atomic mass is 9.73. The van der Waals surface area contributed by atoms with Crippen LogP contribution in [-0.2, 0) is 0 Å². The molecule has 2 heteroatoms. The van der Waals surface area contributed by atoms with Crippen LogP contribution in [0.3, 0.4) is 0 Å². The molecular formula is C14H28N2. The van der Waals surface area contributed by atoms with Crippen molar-refractivity contribution in [3.63, 3.8) is 0 Å². The Balaban J connectivity index is 1.65. The SMILES string of the molecule is CC(C)N1CCC(CCC2(N)CCC2)CC1. The first-order valence-corrected chi connectivity index (χ1v) is 7.12. The van der Waals surface area contributed by atoms with Crippen LogP contribution in [0.5, 0.6) is 0 Å². The standard InChI is InChI=1S/C14H28N2/c1-12(2)16-10-5-13(6-11-16)4-9-14(15)7-3-8-14/h12-13H,3-11,15H2,1-2H3. The van der Waals surface area contributed by atoms with E-state index in [2.05, 4.69) is 18.7 Å². The molecular weight excluding hydrogens is 196 g/mol. The third-order valence-electron chi connectivity index (χ3n) is 4.78. The molecule has 2 rings (SSSR count). The normalized spacial score (nSPS) is 27.0. The van der Waals surface area contributed by atoms with Crippen molar-refractivity contribution >= 4 is 0 Å². The van der Waals surface area contributed by atoms with Crippen LogP contribution in [0.25, 0.3) is 0 Å². The van der Waals surface area contributed by atoms with Gasteiger partial charge in [0, 0.05) is 11.6 Å². The van der Waals surface area contributed by atoms with Gasteiger partial charge in [-0.2, -0.15) is 0 Å². The topological polar surface area (TPSA) is 29.3 Å². The highest BCUT2D eigenvalue weighted by atomic mass is 15.1. The van der Waals surface area contributed by atoms with Gasteiger partial charge in [-0.25, -0.2) is 0 Å². The van der Waals surface area contributed by atoms with Gasteiger partial charge in [-0.1, -0.05) is 0 Å². The largest absolute Gasteiger partial charge is 0.325 e. The maximum absolute atomic E-state index is 6.29. The Hall–Kier alpha value is -0.0800. The van der Waals surface area contributed by atoms with E-state index in [0.717, 1.165) is 12.0 Å². The van der Waals surface area contributed by atoms with Gasteiger partial charge in [0.2, 0.25) is 0 Å². The number of nitrogens with zero attached hydrogens (tertiary/aromatic N) is 1. The van der Waals surface area contributed by atoms with Crippen molar-refractivity contribution in [1.29, 1.82) is 0 Å². The van der Waals surface area contributed by atoms with E-state index in [1.165, 1.54) is 58.0 Å². The molecule has 0 radical (unpaired) electrons. The first-order valence-electron chi connectivity index (χ1n) is 7.12. The number of piperidine rings is 1. The molecule has 16 heavy (non-hydrogen) atoms. The zero-order chi connectivity index (χ0) is 11.6. The van der Waals surface area contributed by atoms with E-state index < -0.39 is 0 Å². The van der Waals surface area contributed by atoms with Crippen molar-refractivity contribution in [1.82, 2.24) is 4.90 Å². The van der Waals surface area contributed by atoms with Crippen molar-refractivity contribution in [2.75, 3.05) is 13.1 Å². The van der Waals surface area contributed by atoms with Crippen LogP contribution in [0.4, 0.5) is 0 Å². The second-order valence-electron chi connectivity index (χ2n) is 6.33. The summed E-state index contributed by atoms with van der Waals surface area (Å²) in [5, 5.41) is 0. The summed E-state index contributed by atoms with van der Waals surface area (Å²) < 4.78 is 0. The summed E-state index contributed by atoms with van der Waals surface area (Å²) in [6.45, 7) is 7.23. The molecule has 0 bridgehead atoms. The lowest BCUT2D eigenvalue weighted by Crippen LogP contribution is -2.47. The molecule has 1 aliphatic carbocycles. The third kappa shape index (κ3) is 2.98. The van der Waals surface area contributed by atoms with Gasteiger partial charge in [0.25, 0.3) is 0 Å². The number of likely N-dealkylation sites (tertiary alicyclic amines) is 1. The molecule has 0 atom stereocenters. The molecule has 2 nitrogen and oxygen atoms in total. The van der Waals surface area contributed by atoms with Crippen molar-refractivity contribution < 1.29 is 0 Å². The Morgan fingerprint density at radius 2 is 1.88 bits per heavy atom. The van der Waals surface area contributed by atoms with Crippen LogP contribution in [0.15, 0.2) is 0 Å². The molecule has 2 fully saturated rings. The van der Waals surface area contributed by atoms with Gasteiger partial charge < -0.3 is 10.6 Å². The highest BCUT2D eigenvalue weighted by Gasteiger charge is 2.33. The fourth-order valence-corrected chi connectivity index (χ4v) is 3.13. The zero-order valence-corrected chi connectivity index (χ0v) is 11.0. The van der Waals surface area contributed by atoms with Crippen molar-refractivity contribution in [2.45, 2.75) is 70.4 Å². The maximum Gasteiger partial charge on any atom is 0.0154 e. The quantitative estimate of drug-likeness (QED) is 0.795. The highest BCUT2D eigenvalue weighted by molar-refractivity contribution is 4.93. The van der Waals surface area contributed by atoms with Gasteiger partial charge in [0.15, 0.2) is 0 Å². The summed E-state index contributed by atoms with van der Waals surface area (Å²) >= 11 is 0. The predicted molar refractivity (Wildman–Crippen MR) is 69.4 cm³/mol. The predicted octanol–water partition coefficient (Wildman–Crippen LogP) is 2.77. The van der Waals surface area contributed by atoms with Gasteiger partial charge >= 0.3 is 0 Å². The van der Waals surface area contributed by atoms with E-state index in [4.69, 9.17) is 5.73 Å². The minimum atomic E-state index is 0.245. The van der Waals surface area contributed by atoms with Gasteiger partial charge in [0.05, 0.1) is 0 Å². The van der Waals surface area contributed by atoms with E-state index >= 15 is 0 Å². The molecule has 94 valence electrons. The number of nitrogens with two attached hydrogens (primary N) is 1. The first kappa shape index (κ1) is 12.4. The van der Waals surface area contributed by atoms with Gasteiger partial charge in [0.1, 0.15) is 0 Å². The Morgan fingerprint density at radius 1 is 1.25 bits per heavy atom. The molecule has 1 saturated heterocycles. The molecule has 1 aliphatic heterocycles. The Bertz CT molecular complexity index is 213. The van der Waals surface area contributed by atoms with Crippen molar-refractivity contribution in [3.05, 3.63) is 0 Å². The van der Waals surface area contributed by atoms with Gasteiger partial charge in [-0.3, -0.25) is 0 Å². The number of rotatable bonds is 4. The zero-order valence-electron chi connectivity index (χ0n) is 11.0. The molecule has 1 heterocycles. The molecule has 0 aromatic rings. The van der Waals surface area contributed by atoms with E-state index in [9.17, 15) is 0 Å². The molecule has 0 aromatic carbocycles. The third-order valence-corrected chi connectivity index (χ3v) is 4.78. The van der Waals surface area contributed by atoms with E-state index in [-0.39, 0.29) is 5.54 Å². The van der Waals surface area contributed by atoms with Crippen LogP contribution in [-0.4, -0.2) is 29.6 Å². The summed E-state index contributed by atoms with van der Waals surface area (Å²) in [4.78, 5) is 2.61.